The summed E-state index contributed by atoms with van der Waals surface area (Å²) in [7, 11) is -3.67. The van der Waals surface area contributed by atoms with Crippen LogP contribution in [0, 0.1) is 5.92 Å². The summed E-state index contributed by atoms with van der Waals surface area (Å²) in [4.78, 5) is 12.5. The molecule has 1 rings (SSSR count). The summed E-state index contributed by atoms with van der Waals surface area (Å²) in [6, 6.07) is 3.92. The maximum Gasteiger partial charge on any atom is 0.253 e. The fourth-order valence-corrected chi connectivity index (χ4v) is 3.91. The Labute approximate surface area is 156 Å². The van der Waals surface area contributed by atoms with Crippen LogP contribution < -0.4 is 10.0 Å². The molecule has 1 unspecified atom stereocenters. The van der Waals surface area contributed by atoms with E-state index in [2.05, 4.69) is 23.9 Å². The van der Waals surface area contributed by atoms with Crippen LogP contribution in [0.5, 0.6) is 0 Å². The number of nitrogens with one attached hydrogen (secondary N) is 2. The zero-order valence-electron chi connectivity index (χ0n) is 15.6. The van der Waals surface area contributed by atoms with E-state index in [1.807, 2.05) is 6.92 Å². The Bertz CT molecular complexity index is 688. The van der Waals surface area contributed by atoms with Gasteiger partial charge in [0, 0.05) is 12.1 Å². The SMILES string of the molecule is CC(C)CCCC(C)NC(=O)c1cc(S(=O)(=O)NC(C)C)ccc1Cl. The predicted octanol–water partition coefficient (Wildman–Crippen LogP) is 3.97. The summed E-state index contributed by atoms with van der Waals surface area (Å²) in [6.45, 7) is 9.74. The van der Waals surface area contributed by atoms with Gasteiger partial charge >= 0.3 is 0 Å². The largest absolute Gasteiger partial charge is 0.350 e. The summed E-state index contributed by atoms with van der Waals surface area (Å²) < 4.78 is 27.0. The molecule has 0 fully saturated rings. The van der Waals surface area contributed by atoms with Gasteiger partial charge in [0.05, 0.1) is 15.5 Å². The summed E-state index contributed by atoms with van der Waals surface area (Å²) in [5, 5.41) is 3.12. The summed E-state index contributed by atoms with van der Waals surface area (Å²) in [6.07, 6.45) is 3.00. The number of hydrogen-bond donors (Lipinski definition) is 2. The van der Waals surface area contributed by atoms with Crippen LogP contribution >= 0.6 is 11.6 Å². The van der Waals surface area contributed by atoms with Crippen LogP contribution in [0.15, 0.2) is 23.1 Å². The maximum absolute atomic E-state index is 12.5. The van der Waals surface area contributed by atoms with E-state index in [-0.39, 0.29) is 33.5 Å². The Kier molecular flexibility index (Phi) is 8.38. The molecule has 0 radical (unpaired) electrons. The van der Waals surface area contributed by atoms with Crippen molar-refractivity contribution in [3.05, 3.63) is 28.8 Å². The molecule has 0 spiro atoms. The molecule has 0 aromatic heterocycles. The second-order valence-corrected chi connectivity index (χ2v) is 9.24. The molecule has 0 aliphatic rings. The Morgan fingerprint density at radius 3 is 2.32 bits per heavy atom. The normalized spacial score (nSPS) is 13.3. The van der Waals surface area contributed by atoms with Crippen LogP contribution in [-0.2, 0) is 10.0 Å². The molecule has 0 aliphatic carbocycles. The average Bonchev–Trinajstić information content (AvgIpc) is 2.45. The highest BCUT2D eigenvalue weighted by atomic mass is 35.5. The van der Waals surface area contributed by atoms with Gasteiger partial charge in [-0.2, -0.15) is 0 Å². The molecule has 25 heavy (non-hydrogen) atoms. The number of carbonyl (C=O) groups is 1. The zero-order valence-corrected chi connectivity index (χ0v) is 17.2. The molecule has 142 valence electrons. The number of amides is 1. The van der Waals surface area contributed by atoms with E-state index < -0.39 is 10.0 Å². The second-order valence-electron chi connectivity index (χ2n) is 7.12. The third-order valence-corrected chi connectivity index (χ3v) is 5.67. The van der Waals surface area contributed by atoms with Gasteiger partial charge in [-0.15, -0.1) is 0 Å². The molecule has 1 aromatic carbocycles. The lowest BCUT2D eigenvalue weighted by atomic mass is 10.0. The first kappa shape index (κ1) is 21.9. The Morgan fingerprint density at radius 1 is 1.12 bits per heavy atom. The lowest BCUT2D eigenvalue weighted by Gasteiger charge is -2.16. The van der Waals surface area contributed by atoms with E-state index in [0.717, 1.165) is 19.3 Å². The van der Waals surface area contributed by atoms with Crippen molar-refractivity contribution < 1.29 is 13.2 Å². The third-order valence-electron chi connectivity index (χ3n) is 3.68. The van der Waals surface area contributed by atoms with Crippen LogP contribution in [-0.4, -0.2) is 26.4 Å². The van der Waals surface area contributed by atoms with Gasteiger partial charge in [-0.3, -0.25) is 4.79 Å². The summed E-state index contributed by atoms with van der Waals surface area (Å²) >= 11 is 6.10. The van der Waals surface area contributed by atoms with Crippen molar-refractivity contribution in [2.45, 2.75) is 70.9 Å². The lowest BCUT2D eigenvalue weighted by molar-refractivity contribution is 0.0937. The van der Waals surface area contributed by atoms with Gasteiger partial charge in [-0.1, -0.05) is 38.3 Å². The molecule has 1 amide bonds. The number of sulfonamides is 1. The van der Waals surface area contributed by atoms with Crippen molar-refractivity contribution in [2.24, 2.45) is 5.92 Å². The standard InChI is InChI=1S/C18H29ClN2O3S/c1-12(2)7-6-8-14(5)20-18(22)16-11-15(9-10-17(16)19)25(23,24)21-13(3)4/h9-14,21H,6-8H2,1-5H3,(H,20,22). The zero-order chi connectivity index (χ0) is 19.2. The Balaban J connectivity index is 2.87. The van der Waals surface area contributed by atoms with Crippen molar-refractivity contribution in [3.8, 4) is 0 Å². The van der Waals surface area contributed by atoms with Crippen molar-refractivity contribution in [3.63, 3.8) is 0 Å². The van der Waals surface area contributed by atoms with Crippen molar-refractivity contribution in [2.75, 3.05) is 0 Å². The monoisotopic (exact) mass is 388 g/mol. The minimum Gasteiger partial charge on any atom is -0.350 e. The van der Waals surface area contributed by atoms with Gasteiger partial charge in [-0.25, -0.2) is 13.1 Å². The number of benzene rings is 1. The fourth-order valence-electron chi connectivity index (χ4n) is 2.43. The second kappa shape index (κ2) is 9.55. The number of halogens is 1. The van der Waals surface area contributed by atoms with Crippen LogP contribution in [0.25, 0.3) is 0 Å². The minimum absolute atomic E-state index is 0.00336. The average molecular weight is 389 g/mol. The molecule has 1 aromatic rings. The third kappa shape index (κ3) is 7.34. The molecular formula is C18H29ClN2O3S. The van der Waals surface area contributed by atoms with E-state index in [4.69, 9.17) is 11.6 Å². The van der Waals surface area contributed by atoms with Crippen molar-refractivity contribution in [1.29, 1.82) is 0 Å². The molecule has 0 bridgehead atoms. The lowest BCUT2D eigenvalue weighted by Crippen LogP contribution is -2.33. The fraction of sp³-hybridized carbons (Fsp3) is 0.611. The number of hydrogen-bond acceptors (Lipinski definition) is 3. The topological polar surface area (TPSA) is 75.3 Å². The van der Waals surface area contributed by atoms with Gasteiger partial charge in [0.25, 0.3) is 5.91 Å². The highest BCUT2D eigenvalue weighted by Gasteiger charge is 2.20. The van der Waals surface area contributed by atoms with Crippen molar-refractivity contribution in [1.82, 2.24) is 10.0 Å². The van der Waals surface area contributed by atoms with E-state index in [1.54, 1.807) is 13.8 Å². The molecule has 1 atom stereocenters. The number of rotatable bonds is 9. The molecule has 0 aliphatic heterocycles. The minimum atomic E-state index is -3.67. The molecule has 0 saturated heterocycles. The first-order chi connectivity index (χ1) is 11.5. The summed E-state index contributed by atoms with van der Waals surface area (Å²) in [5.41, 5.74) is 0.170. The van der Waals surface area contributed by atoms with Gasteiger partial charge in [0.1, 0.15) is 0 Å². The smallest absolute Gasteiger partial charge is 0.253 e. The van der Waals surface area contributed by atoms with E-state index in [1.165, 1.54) is 18.2 Å². The summed E-state index contributed by atoms with van der Waals surface area (Å²) in [5.74, 6) is 0.274. The van der Waals surface area contributed by atoms with Crippen LogP contribution in [0.1, 0.15) is 64.2 Å². The number of carbonyl (C=O) groups excluding carboxylic acids is 1. The van der Waals surface area contributed by atoms with E-state index in [9.17, 15) is 13.2 Å². The molecule has 7 heteroatoms. The maximum atomic E-state index is 12.5. The van der Waals surface area contributed by atoms with Crippen LogP contribution in [0.3, 0.4) is 0 Å². The quantitative estimate of drug-likeness (QED) is 0.672. The Morgan fingerprint density at radius 2 is 1.76 bits per heavy atom. The molecule has 2 N–H and O–H groups in total. The van der Waals surface area contributed by atoms with Gasteiger partial charge in [0.15, 0.2) is 0 Å². The Hall–Kier alpha value is -1.11. The van der Waals surface area contributed by atoms with Gasteiger partial charge in [-0.05, 0) is 51.3 Å². The van der Waals surface area contributed by atoms with Crippen molar-refractivity contribution >= 4 is 27.5 Å². The highest BCUT2D eigenvalue weighted by molar-refractivity contribution is 7.89. The molecule has 0 saturated carbocycles. The highest BCUT2D eigenvalue weighted by Crippen LogP contribution is 2.21. The molecular weight excluding hydrogens is 360 g/mol. The predicted molar refractivity (Wildman–Crippen MR) is 103 cm³/mol. The van der Waals surface area contributed by atoms with Gasteiger partial charge in [0.2, 0.25) is 10.0 Å². The van der Waals surface area contributed by atoms with Gasteiger partial charge < -0.3 is 5.32 Å². The first-order valence-electron chi connectivity index (χ1n) is 8.65. The molecule has 5 nitrogen and oxygen atoms in total. The van der Waals surface area contributed by atoms with Crippen LogP contribution in [0.2, 0.25) is 5.02 Å². The van der Waals surface area contributed by atoms with E-state index in [0.29, 0.717) is 5.92 Å². The molecule has 0 heterocycles. The van der Waals surface area contributed by atoms with E-state index >= 15 is 0 Å². The first-order valence-corrected chi connectivity index (χ1v) is 10.5. The van der Waals surface area contributed by atoms with Crippen LogP contribution in [0.4, 0.5) is 0 Å².